The van der Waals surface area contributed by atoms with Crippen molar-refractivity contribution in [2.45, 2.75) is 46.1 Å². The van der Waals surface area contributed by atoms with Crippen molar-refractivity contribution in [3.63, 3.8) is 0 Å². The van der Waals surface area contributed by atoms with E-state index in [0.717, 1.165) is 6.29 Å². The molecule has 1 N–H and O–H groups in total. The molecule has 0 spiro atoms. The third-order valence-corrected chi connectivity index (χ3v) is 2.66. The van der Waals surface area contributed by atoms with Crippen LogP contribution in [0.4, 0.5) is 0 Å². The maximum atomic E-state index is 10.6. The number of carbonyl (C=O) groups excluding carboxylic acids is 1. The van der Waals surface area contributed by atoms with Gasteiger partial charge in [-0.05, 0) is 12.8 Å². The fraction of sp³-hybridized carbons (Fsp3) is 0.889. The lowest BCUT2D eigenvalue weighted by Gasteiger charge is -2.37. The highest BCUT2D eigenvalue weighted by molar-refractivity contribution is 5.60. The molecule has 0 saturated heterocycles. The van der Waals surface area contributed by atoms with Gasteiger partial charge >= 0.3 is 0 Å². The van der Waals surface area contributed by atoms with Crippen LogP contribution < -0.4 is 0 Å². The van der Waals surface area contributed by atoms with Gasteiger partial charge in [0, 0.05) is 5.41 Å². The van der Waals surface area contributed by atoms with E-state index < -0.39 is 11.0 Å². The first kappa shape index (κ1) is 10.6. The molecule has 0 aromatic heterocycles. The van der Waals surface area contributed by atoms with E-state index in [2.05, 4.69) is 0 Å². The van der Waals surface area contributed by atoms with Crippen molar-refractivity contribution in [1.82, 2.24) is 0 Å². The second-order valence-electron chi connectivity index (χ2n) is 3.58. The fourth-order valence-electron chi connectivity index (χ4n) is 1.27. The number of aldehydes is 1. The summed E-state index contributed by atoms with van der Waals surface area (Å²) in [7, 11) is 0. The molecular formula is C9H18O2. The summed E-state index contributed by atoms with van der Waals surface area (Å²) in [6.45, 7) is 7.34. The lowest BCUT2D eigenvalue weighted by molar-refractivity contribution is -0.132. The molecule has 0 unspecified atom stereocenters. The van der Waals surface area contributed by atoms with E-state index in [1.54, 1.807) is 13.8 Å². The average molecular weight is 158 g/mol. The van der Waals surface area contributed by atoms with E-state index in [9.17, 15) is 9.90 Å². The van der Waals surface area contributed by atoms with Crippen LogP contribution in [-0.2, 0) is 4.79 Å². The van der Waals surface area contributed by atoms with Gasteiger partial charge in [0.25, 0.3) is 0 Å². The molecule has 0 aromatic carbocycles. The number of carbonyl (C=O) groups is 1. The van der Waals surface area contributed by atoms with Crippen molar-refractivity contribution < 1.29 is 9.90 Å². The summed E-state index contributed by atoms with van der Waals surface area (Å²) < 4.78 is 0. The zero-order chi connectivity index (χ0) is 9.12. The molecule has 0 aliphatic heterocycles. The Morgan fingerprint density at radius 2 is 1.64 bits per heavy atom. The lowest BCUT2D eigenvalue weighted by atomic mass is 9.73. The lowest BCUT2D eigenvalue weighted by Crippen LogP contribution is -2.44. The third kappa shape index (κ3) is 1.80. The molecule has 0 rings (SSSR count). The van der Waals surface area contributed by atoms with Crippen LogP contribution in [0, 0.1) is 5.41 Å². The summed E-state index contributed by atoms with van der Waals surface area (Å²) in [5.41, 5.74) is -1.47. The molecule has 0 aliphatic carbocycles. The van der Waals surface area contributed by atoms with E-state index in [-0.39, 0.29) is 0 Å². The largest absolute Gasteiger partial charge is 0.389 e. The van der Waals surface area contributed by atoms with Crippen LogP contribution in [0.25, 0.3) is 0 Å². The average Bonchev–Trinajstić information content (AvgIpc) is 2.02. The minimum atomic E-state index is -0.839. The maximum absolute atomic E-state index is 10.6. The van der Waals surface area contributed by atoms with Crippen LogP contribution in [0.5, 0.6) is 0 Å². The molecule has 0 heterocycles. The first-order chi connectivity index (χ1) is 4.93. The Kier molecular flexibility index (Phi) is 3.24. The molecule has 0 bridgehead atoms. The summed E-state index contributed by atoms with van der Waals surface area (Å²) in [6.07, 6.45) is 2.07. The molecule has 0 radical (unpaired) electrons. The van der Waals surface area contributed by atoms with Crippen LogP contribution in [0.1, 0.15) is 40.5 Å². The zero-order valence-electron chi connectivity index (χ0n) is 7.85. The van der Waals surface area contributed by atoms with Crippen LogP contribution in [-0.4, -0.2) is 17.0 Å². The van der Waals surface area contributed by atoms with Gasteiger partial charge in [-0.25, -0.2) is 0 Å². The minimum absolute atomic E-state index is 0.620. The molecule has 0 fully saturated rings. The highest BCUT2D eigenvalue weighted by atomic mass is 16.3. The quantitative estimate of drug-likeness (QED) is 0.633. The number of aliphatic hydroxyl groups is 1. The molecule has 0 saturated carbocycles. The van der Waals surface area contributed by atoms with Gasteiger partial charge in [-0.15, -0.1) is 0 Å². The highest BCUT2D eigenvalue weighted by Gasteiger charge is 2.40. The Hall–Kier alpha value is -0.370. The molecule has 11 heavy (non-hydrogen) atoms. The van der Waals surface area contributed by atoms with Gasteiger partial charge in [0.1, 0.15) is 6.29 Å². The fourth-order valence-corrected chi connectivity index (χ4v) is 1.27. The number of hydrogen-bond donors (Lipinski definition) is 1. The normalized spacial score (nSPS) is 13.2. The number of hydrogen-bond acceptors (Lipinski definition) is 2. The first-order valence-electron chi connectivity index (χ1n) is 4.12. The Labute approximate surface area is 68.6 Å². The molecule has 2 nitrogen and oxygen atoms in total. The summed E-state index contributed by atoms with van der Waals surface area (Å²) in [6, 6.07) is 0. The second kappa shape index (κ2) is 3.35. The molecule has 66 valence electrons. The van der Waals surface area contributed by atoms with Crippen molar-refractivity contribution in [3.05, 3.63) is 0 Å². The molecule has 2 heteroatoms. The van der Waals surface area contributed by atoms with E-state index in [1.807, 2.05) is 13.8 Å². The molecule has 0 aromatic rings. The van der Waals surface area contributed by atoms with Crippen LogP contribution in [0.2, 0.25) is 0 Å². The molecular weight excluding hydrogens is 140 g/mol. The Morgan fingerprint density at radius 1 is 1.27 bits per heavy atom. The predicted molar refractivity (Wildman–Crippen MR) is 45.4 cm³/mol. The van der Waals surface area contributed by atoms with E-state index in [1.165, 1.54) is 0 Å². The SMILES string of the molecule is CCC(O)(CC)C(C)(C)C=O. The third-order valence-electron chi connectivity index (χ3n) is 2.66. The van der Waals surface area contributed by atoms with E-state index in [0.29, 0.717) is 12.8 Å². The smallest absolute Gasteiger partial charge is 0.128 e. The van der Waals surface area contributed by atoms with Gasteiger partial charge in [0.05, 0.1) is 5.60 Å². The zero-order valence-corrected chi connectivity index (χ0v) is 7.85. The predicted octanol–water partition coefficient (Wildman–Crippen LogP) is 1.76. The summed E-state index contributed by atoms with van der Waals surface area (Å²) in [5.74, 6) is 0. The molecule has 0 amide bonds. The van der Waals surface area contributed by atoms with Crippen LogP contribution >= 0.6 is 0 Å². The van der Waals surface area contributed by atoms with E-state index >= 15 is 0 Å². The molecule has 0 atom stereocenters. The van der Waals surface area contributed by atoms with Gasteiger partial charge in [0.2, 0.25) is 0 Å². The van der Waals surface area contributed by atoms with Gasteiger partial charge in [-0.1, -0.05) is 27.7 Å². The minimum Gasteiger partial charge on any atom is -0.389 e. The van der Waals surface area contributed by atoms with Gasteiger partial charge < -0.3 is 9.90 Å². The van der Waals surface area contributed by atoms with Gasteiger partial charge in [-0.3, -0.25) is 0 Å². The second-order valence-corrected chi connectivity index (χ2v) is 3.58. The summed E-state index contributed by atoms with van der Waals surface area (Å²) >= 11 is 0. The summed E-state index contributed by atoms with van der Waals surface area (Å²) in [4.78, 5) is 10.6. The topological polar surface area (TPSA) is 37.3 Å². The summed E-state index contributed by atoms with van der Waals surface area (Å²) in [5, 5.41) is 9.93. The highest BCUT2D eigenvalue weighted by Crippen LogP contribution is 2.34. The van der Waals surface area contributed by atoms with Crippen molar-refractivity contribution in [2.24, 2.45) is 5.41 Å². The van der Waals surface area contributed by atoms with Crippen molar-refractivity contribution >= 4 is 6.29 Å². The van der Waals surface area contributed by atoms with Crippen LogP contribution in [0.3, 0.4) is 0 Å². The standard InChI is InChI=1S/C9H18O2/c1-5-9(11,6-2)8(3,4)7-10/h7,11H,5-6H2,1-4H3. The maximum Gasteiger partial charge on any atom is 0.128 e. The van der Waals surface area contributed by atoms with Crippen LogP contribution in [0.15, 0.2) is 0 Å². The first-order valence-corrected chi connectivity index (χ1v) is 4.12. The van der Waals surface area contributed by atoms with Gasteiger partial charge in [-0.2, -0.15) is 0 Å². The molecule has 0 aliphatic rings. The van der Waals surface area contributed by atoms with Crippen molar-refractivity contribution in [3.8, 4) is 0 Å². The number of rotatable bonds is 4. The van der Waals surface area contributed by atoms with Gasteiger partial charge in [0.15, 0.2) is 0 Å². The van der Waals surface area contributed by atoms with E-state index in [4.69, 9.17) is 0 Å². The van der Waals surface area contributed by atoms with Crippen molar-refractivity contribution in [1.29, 1.82) is 0 Å². The van der Waals surface area contributed by atoms with Crippen molar-refractivity contribution in [2.75, 3.05) is 0 Å². The Balaban J connectivity index is 4.60. The Bertz CT molecular complexity index is 134. The monoisotopic (exact) mass is 158 g/mol. The Morgan fingerprint density at radius 3 is 1.73 bits per heavy atom.